The van der Waals surface area contributed by atoms with E-state index in [4.69, 9.17) is 9.47 Å². The Balaban J connectivity index is 1.45. The normalized spacial score (nSPS) is 16.9. The van der Waals surface area contributed by atoms with E-state index < -0.39 is 6.17 Å². The highest BCUT2D eigenvalue weighted by Crippen LogP contribution is 2.40. The number of hydrogen-bond acceptors (Lipinski definition) is 6. The lowest BCUT2D eigenvalue weighted by molar-refractivity contribution is 0.0974. The summed E-state index contributed by atoms with van der Waals surface area (Å²) in [6.45, 7) is 0.982. The maximum absolute atomic E-state index is 13.6. The number of rotatable bonds is 3. The van der Waals surface area contributed by atoms with E-state index in [1.54, 1.807) is 15.9 Å². The minimum absolute atomic E-state index is 0.129. The molecule has 1 aromatic heterocycles. The van der Waals surface area contributed by atoms with Crippen LogP contribution in [0.15, 0.2) is 79.0 Å². The van der Waals surface area contributed by atoms with Gasteiger partial charge in [0.25, 0.3) is 5.91 Å². The molecule has 3 aromatic carbocycles. The van der Waals surface area contributed by atoms with E-state index in [1.165, 1.54) is 0 Å². The maximum atomic E-state index is 13.6. The zero-order valence-electron chi connectivity index (χ0n) is 17.0. The predicted octanol–water partition coefficient (Wildman–Crippen LogP) is 3.81. The standard InChI is InChI=1S/C24H19N5O3/c30-24-18-8-4-5-9-19(18)26-23(20-15-25-29(27-20)16-6-2-1-3-7-16)28(24)17-10-11-21-22(14-17)32-13-12-31-21/h1-11,14-15,23,26H,12-13H2. The van der Waals surface area contributed by atoms with Crippen LogP contribution in [0, 0.1) is 0 Å². The highest BCUT2D eigenvalue weighted by Gasteiger charge is 2.36. The van der Waals surface area contributed by atoms with Crippen LogP contribution >= 0.6 is 0 Å². The minimum atomic E-state index is -0.544. The molecule has 1 N–H and O–H groups in total. The van der Waals surface area contributed by atoms with Crippen LogP contribution in [0.25, 0.3) is 5.69 Å². The molecule has 1 atom stereocenters. The Kier molecular flexibility index (Phi) is 4.28. The average molecular weight is 425 g/mol. The van der Waals surface area contributed by atoms with Gasteiger partial charge in [0.15, 0.2) is 17.7 Å². The topological polar surface area (TPSA) is 81.5 Å². The molecule has 32 heavy (non-hydrogen) atoms. The van der Waals surface area contributed by atoms with E-state index >= 15 is 0 Å². The molecule has 0 saturated heterocycles. The van der Waals surface area contributed by atoms with E-state index in [-0.39, 0.29) is 5.91 Å². The lowest BCUT2D eigenvalue weighted by Crippen LogP contribution is -2.43. The number of carbonyl (C=O) groups excluding carboxylic acids is 1. The molecule has 2 aliphatic rings. The second kappa shape index (κ2) is 7.42. The van der Waals surface area contributed by atoms with E-state index in [1.807, 2.05) is 72.8 Å². The minimum Gasteiger partial charge on any atom is -0.486 e. The number of nitrogens with one attached hydrogen (secondary N) is 1. The Morgan fingerprint density at radius 2 is 1.66 bits per heavy atom. The second-order valence-electron chi connectivity index (χ2n) is 7.49. The summed E-state index contributed by atoms with van der Waals surface area (Å²) >= 11 is 0. The van der Waals surface area contributed by atoms with Crippen molar-refractivity contribution in [2.24, 2.45) is 0 Å². The summed E-state index contributed by atoms with van der Waals surface area (Å²) in [7, 11) is 0. The van der Waals surface area contributed by atoms with Crippen molar-refractivity contribution < 1.29 is 14.3 Å². The third-order valence-electron chi connectivity index (χ3n) is 5.51. The first-order chi connectivity index (χ1) is 15.8. The molecule has 0 saturated carbocycles. The first-order valence-corrected chi connectivity index (χ1v) is 10.3. The lowest BCUT2D eigenvalue weighted by Gasteiger charge is -2.37. The fourth-order valence-electron chi connectivity index (χ4n) is 3.99. The van der Waals surface area contributed by atoms with Crippen LogP contribution < -0.4 is 19.7 Å². The zero-order chi connectivity index (χ0) is 21.5. The second-order valence-corrected chi connectivity index (χ2v) is 7.49. The fourth-order valence-corrected chi connectivity index (χ4v) is 3.99. The van der Waals surface area contributed by atoms with Crippen LogP contribution in [-0.2, 0) is 0 Å². The molecule has 158 valence electrons. The number of fused-ring (bicyclic) bond motifs is 2. The number of carbonyl (C=O) groups is 1. The molecule has 0 fully saturated rings. The van der Waals surface area contributed by atoms with Gasteiger partial charge in [0.05, 0.1) is 23.1 Å². The number of hydrogen-bond donors (Lipinski definition) is 1. The van der Waals surface area contributed by atoms with Gasteiger partial charge in [-0.1, -0.05) is 30.3 Å². The number of ether oxygens (including phenoxy) is 2. The van der Waals surface area contributed by atoms with Crippen molar-refractivity contribution in [3.05, 3.63) is 90.3 Å². The van der Waals surface area contributed by atoms with E-state index in [9.17, 15) is 4.79 Å². The van der Waals surface area contributed by atoms with Crippen molar-refractivity contribution in [3.63, 3.8) is 0 Å². The Labute approximate surface area is 184 Å². The van der Waals surface area contributed by atoms with Gasteiger partial charge in [0.2, 0.25) is 0 Å². The van der Waals surface area contributed by atoms with Crippen molar-refractivity contribution in [2.75, 3.05) is 23.4 Å². The molecular formula is C24H19N5O3. The van der Waals surface area contributed by atoms with Crippen molar-refractivity contribution in [1.82, 2.24) is 15.0 Å². The summed E-state index contributed by atoms with van der Waals surface area (Å²) in [6, 6.07) is 22.6. The Bertz CT molecular complexity index is 1300. The van der Waals surface area contributed by atoms with E-state index in [0.29, 0.717) is 41.7 Å². The number of anilines is 2. The number of nitrogens with zero attached hydrogens (tertiary/aromatic N) is 4. The average Bonchev–Trinajstić information content (AvgIpc) is 3.35. The molecule has 1 amide bonds. The van der Waals surface area contributed by atoms with Gasteiger partial charge in [-0.05, 0) is 36.4 Å². The van der Waals surface area contributed by atoms with Crippen molar-refractivity contribution >= 4 is 17.3 Å². The van der Waals surface area contributed by atoms with Crippen molar-refractivity contribution in [3.8, 4) is 17.2 Å². The molecule has 0 aliphatic carbocycles. The van der Waals surface area contributed by atoms with E-state index in [2.05, 4.69) is 15.5 Å². The Morgan fingerprint density at radius 3 is 2.53 bits per heavy atom. The Morgan fingerprint density at radius 1 is 0.875 bits per heavy atom. The summed E-state index contributed by atoms with van der Waals surface area (Å²) in [5, 5.41) is 12.5. The SMILES string of the molecule is O=C1c2ccccc2NC(c2cnn(-c3ccccc3)n2)N1c1ccc2c(c1)OCCO2. The molecule has 2 aliphatic heterocycles. The van der Waals surface area contributed by atoms with Gasteiger partial charge in [-0.25, -0.2) is 0 Å². The molecule has 1 unspecified atom stereocenters. The number of aromatic nitrogens is 3. The summed E-state index contributed by atoms with van der Waals surface area (Å²) in [6.07, 6.45) is 1.13. The quantitative estimate of drug-likeness (QED) is 0.538. The summed E-state index contributed by atoms with van der Waals surface area (Å²) < 4.78 is 11.4. The van der Waals surface area contributed by atoms with Gasteiger partial charge in [-0.15, -0.1) is 5.10 Å². The molecule has 8 nitrogen and oxygen atoms in total. The van der Waals surface area contributed by atoms with Gasteiger partial charge in [-0.3, -0.25) is 9.69 Å². The monoisotopic (exact) mass is 425 g/mol. The largest absolute Gasteiger partial charge is 0.486 e. The number of benzene rings is 3. The highest BCUT2D eigenvalue weighted by molar-refractivity contribution is 6.12. The predicted molar refractivity (Wildman–Crippen MR) is 118 cm³/mol. The van der Waals surface area contributed by atoms with Crippen LogP contribution in [0.4, 0.5) is 11.4 Å². The highest BCUT2D eigenvalue weighted by atomic mass is 16.6. The summed E-state index contributed by atoms with van der Waals surface area (Å²) in [5.74, 6) is 1.16. The third kappa shape index (κ3) is 3.04. The van der Waals surface area contributed by atoms with Crippen LogP contribution in [0.1, 0.15) is 22.2 Å². The van der Waals surface area contributed by atoms with Gasteiger partial charge >= 0.3 is 0 Å². The van der Waals surface area contributed by atoms with Gasteiger partial charge in [0, 0.05) is 11.8 Å². The fraction of sp³-hybridized carbons (Fsp3) is 0.125. The smallest absolute Gasteiger partial charge is 0.262 e. The summed E-state index contributed by atoms with van der Waals surface area (Å²) in [4.78, 5) is 16.8. The van der Waals surface area contributed by atoms with Crippen LogP contribution in [0.3, 0.4) is 0 Å². The van der Waals surface area contributed by atoms with Crippen LogP contribution in [-0.4, -0.2) is 34.1 Å². The molecular weight excluding hydrogens is 406 g/mol. The lowest BCUT2D eigenvalue weighted by atomic mass is 10.1. The third-order valence-corrected chi connectivity index (χ3v) is 5.51. The molecule has 8 heteroatoms. The van der Waals surface area contributed by atoms with Crippen molar-refractivity contribution in [2.45, 2.75) is 6.17 Å². The van der Waals surface area contributed by atoms with E-state index in [0.717, 1.165) is 11.4 Å². The molecule has 3 heterocycles. The van der Waals surface area contributed by atoms with Crippen molar-refractivity contribution in [1.29, 1.82) is 0 Å². The van der Waals surface area contributed by atoms with Gasteiger partial charge in [-0.2, -0.15) is 9.90 Å². The first-order valence-electron chi connectivity index (χ1n) is 10.3. The molecule has 6 rings (SSSR count). The van der Waals surface area contributed by atoms with Gasteiger partial charge < -0.3 is 14.8 Å². The van der Waals surface area contributed by atoms with Crippen LogP contribution in [0.2, 0.25) is 0 Å². The molecule has 0 bridgehead atoms. The molecule has 4 aromatic rings. The maximum Gasteiger partial charge on any atom is 0.262 e. The molecule has 0 radical (unpaired) electrons. The van der Waals surface area contributed by atoms with Crippen LogP contribution in [0.5, 0.6) is 11.5 Å². The molecule has 0 spiro atoms. The summed E-state index contributed by atoms with van der Waals surface area (Å²) in [5.41, 5.74) is 3.49. The number of amides is 1. The van der Waals surface area contributed by atoms with Gasteiger partial charge in [0.1, 0.15) is 18.9 Å². The number of para-hydroxylation sites is 2. The first kappa shape index (κ1) is 18.4. The Hall–Kier alpha value is -4.33. The zero-order valence-corrected chi connectivity index (χ0v) is 17.0.